The summed E-state index contributed by atoms with van der Waals surface area (Å²) in [5, 5.41) is 14.4. The topological polar surface area (TPSA) is 98.2 Å². The molecule has 0 bridgehead atoms. The minimum absolute atomic E-state index is 0.272. The molecule has 7 nitrogen and oxygen atoms in total. The molecule has 0 atom stereocenters. The van der Waals surface area contributed by atoms with Crippen LogP contribution in [0.2, 0.25) is 5.02 Å². The molecule has 4 rings (SSSR count). The first kappa shape index (κ1) is 21.4. The highest BCUT2D eigenvalue weighted by Crippen LogP contribution is 2.31. The van der Waals surface area contributed by atoms with Crippen molar-refractivity contribution >= 4 is 46.8 Å². The maximum atomic E-state index is 12.7. The Morgan fingerprint density at radius 2 is 1.71 bits per heavy atom. The van der Waals surface area contributed by atoms with Crippen LogP contribution in [-0.2, 0) is 4.79 Å². The molecule has 31 heavy (non-hydrogen) atoms. The number of amides is 2. The van der Waals surface area contributed by atoms with Crippen LogP contribution in [0, 0.1) is 5.41 Å². The number of carbonyl (C=O) groups excluding carboxylic acids is 2. The molecule has 2 aliphatic rings. The van der Waals surface area contributed by atoms with Crippen LogP contribution in [0.3, 0.4) is 0 Å². The number of carbonyl (C=O) groups is 2. The first-order chi connectivity index (χ1) is 15.0. The number of rotatable bonds is 5. The maximum absolute atomic E-state index is 12.7. The number of nitrogens with zero attached hydrogens (tertiary/aromatic N) is 2. The number of benzene rings is 1. The number of anilines is 1. The average Bonchev–Trinajstić information content (AvgIpc) is 3.47. The van der Waals surface area contributed by atoms with Crippen molar-refractivity contribution in [1.82, 2.24) is 15.2 Å². The predicted molar refractivity (Wildman–Crippen MR) is 124 cm³/mol. The third-order valence-corrected chi connectivity index (χ3v) is 6.51. The molecular formula is C22H22ClN5O2S. The minimum Gasteiger partial charge on any atom is -0.357 e. The van der Waals surface area contributed by atoms with E-state index in [-0.39, 0.29) is 11.8 Å². The van der Waals surface area contributed by atoms with E-state index >= 15 is 0 Å². The summed E-state index contributed by atoms with van der Waals surface area (Å²) >= 11 is 7.23. The van der Waals surface area contributed by atoms with Crippen LogP contribution in [0.5, 0.6) is 0 Å². The summed E-state index contributed by atoms with van der Waals surface area (Å²) in [4.78, 5) is 32.0. The average molecular weight is 456 g/mol. The number of halogens is 1. The third-order valence-electron chi connectivity index (χ3n) is 5.16. The van der Waals surface area contributed by atoms with E-state index in [4.69, 9.17) is 17.0 Å². The highest BCUT2D eigenvalue weighted by molar-refractivity contribution is 8.04. The largest absolute Gasteiger partial charge is 0.357 e. The summed E-state index contributed by atoms with van der Waals surface area (Å²) in [5.74, 6) is 1.04. The Morgan fingerprint density at radius 3 is 2.39 bits per heavy atom. The lowest BCUT2D eigenvalue weighted by Gasteiger charge is -2.18. The summed E-state index contributed by atoms with van der Waals surface area (Å²) in [6.07, 6.45) is 4.29. The van der Waals surface area contributed by atoms with Gasteiger partial charge in [-0.3, -0.25) is 15.0 Å². The molecule has 9 heteroatoms. The van der Waals surface area contributed by atoms with Crippen molar-refractivity contribution in [3.63, 3.8) is 0 Å². The van der Waals surface area contributed by atoms with E-state index in [2.05, 4.69) is 20.5 Å². The fourth-order valence-corrected chi connectivity index (χ4v) is 4.64. The van der Waals surface area contributed by atoms with Gasteiger partial charge in [-0.15, -0.1) is 11.8 Å². The van der Waals surface area contributed by atoms with Crippen molar-refractivity contribution in [2.24, 2.45) is 0 Å². The van der Waals surface area contributed by atoms with E-state index < -0.39 is 0 Å². The molecule has 2 amide bonds. The van der Waals surface area contributed by atoms with Crippen LogP contribution < -0.4 is 10.6 Å². The highest BCUT2D eigenvalue weighted by atomic mass is 35.5. The van der Waals surface area contributed by atoms with Gasteiger partial charge in [0.05, 0.1) is 9.93 Å². The minimum atomic E-state index is -0.304. The van der Waals surface area contributed by atoms with Gasteiger partial charge in [-0.05, 0) is 43.5 Å². The molecule has 2 aliphatic heterocycles. The molecule has 3 N–H and O–H groups in total. The molecule has 1 fully saturated rings. The van der Waals surface area contributed by atoms with Gasteiger partial charge in [-0.2, -0.15) is 0 Å². The van der Waals surface area contributed by atoms with Gasteiger partial charge in [0.2, 0.25) is 0 Å². The Morgan fingerprint density at radius 1 is 1.00 bits per heavy atom. The Kier molecular flexibility index (Phi) is 6.58. The fraction of sp³-hybridized carbons (Fsp3) is 0.273. The second-order valence-corrected chi connectivity index (χ2v) is 8.84. The zero-order valence-corrected chi connectivity index (χ0v) is 18.4. The summed E-state index contributed by atoms with van der Waals surface area (Å²) in [5.41, 5.74) is 1.89. The smallest absolute Gasteiger partial charge is 0.265 e. The number of allylic oxidation sites excluding steroid dienone is 1. The van der Waals surface area contributed by atoms with Gasteiger partial charge in [0.1, 0.15) is 11.7 Å². The Balaban J connectivity index is 1.42. The van der Waals surface area contributed by atoms with E-state index in [0.717, 1.165) is 37.2 Å². The molecule has 1 aromatic carbocycles. The Labute approximate surface area is 189 Å². The summed E-state index contributed by atoms with van der Waals surface area (Å²) < 4.78 is 0. The van der Waals surface area contributed by atoms with Gasteiger partial charge in [0.15, 0.2) is 0 Å². The number of likely N-dealkylation sites (tertiary alicyclic amines) is 1. The molecule has 0 saturated carbocycles. The number of amidine groups is 1. The van der Waals surface area contributed by atoms with Gasteiger partial charge >= 0.3 is 0 Å². The Hall–Kier alpha value is -2.84. The van der Waals surface area contributed by atoms with Crippen molar-refractivity contribution in [3.05, 3.63) is 69.3 Å². The van der Waals surface area contributed by atoms with Crippen LogP contribution >= 0.6 is 23.4 Å². The van der Waals surface area contributed by atoms with Gasteiger partial charge < -0.3 is 15.5 Å². The maximum Gasteiger partial charge on any atom is 0.265 e. The van der Waals surface area contributed by atoms with E-state index in [1.807, 2.05) is 0 Å². The summed E-state index contributed by atoms with van der Waals surface area (Å²) in [7, 11) is 0. The number of hydrogen-bond donors (Lipinski definition) is 3. The fourth-order valence-electron chi connectivity index (χ4n) is 3.51. The molecular weight excluding hydrogens is 434 g/mol. The number of pyridine rings is 1. The van der Waals surface area contributed by atoms with E-state index in [1.54, 1.807) is 36.4 Å². The quantitative estimate of drug-likeness (QED) is 0.469. The van der Waals surface area contributed by atoms with Gasteiger partial charge in [-0.25, -0.2) is 4.98 Å². The molecule has 160 valence electrons. The zero-order valence-electron chi connectivity index (χ0n) is 16.8. The standard InChI is InChI=1S/C22H22ClN5O2S/c23-16-7-8-18(25-13-16)27-22(30)19-17(9-12-31-19)26-21(29)15-5-3-14(4-6-15)20(24)28-10-1-2-11-28/h3-8,13,24H,1-2,9-12H2,(H,26,29)(H,25,27,30). The molecule has 0 aliphatic carbocycles. The SMILES string of the molecule is N=C(c1ccc(C(=O)NC2=C(C(=O)Nc3ccc(Cl)cn3)SCC2)cc1)N1CCCC1. The lowest BCUT2D eigenvalue weighted by atomic mass is 10.1. The van der Waals surface area contributed by atoms with Crippen molar-refractivity contribution in [3.8, 4) is 0 Å². The number of thioether (sulfide) groups is 1. The van der Waals surface area contributed by atoms with Crippen LogP contribution in [0.4, 0.5) is 5.82 Å². The van der Waals surface area contributed by atoms with Crippen LogP contribution in [0.15, 0.2) is 53.2 Å². The third kappa shape index (κ3) is 5.08. The Bertz CT molecular complexity index is 1030. The van der Waals surface area contributed by atoms with E-state index in [9.17, 15) is 9.59 Å². The highest BCUT2D eigenvalue weighted by Gasteiger charge is 2.24. The zero-order chi connectivity index (χ0) is 21.8. The van der Waals surface area contributed by atoms with Crippen LogP contribution in [0.1, 0.15) is 35.2 Å². The second kappa shape index (κ2) is 9.53. The molecule has 0 spiro atoms. The van der Waals surface area contributed by atoms with Crippen molar-refractivity contribution in [2.75, 3.05) is 24.2 Å². The molecule has 0 radical (unpaired) electrons. The predicted octanol–water partition coefficient (Wildman–Crippen LogP) is 3.87. The number of hydrogen-bond acceptors (Lipinski definition) is 5. The normalized spacial score (nSPS) is 15.8. The molecule has 0 unspecified atom stereocenters. The van der Waals surface area contributed by atoms with Crippen LogP contribution in [0.25, 0.3) is 0 Å². The van der Waals surface area contributed by atoms with Crippen molar-refractivity contribution in [1.29, 1.82) is 5.41 Å². The van der Waals surface area contributed by atoms with Crippen molar-refractivity contribution < 1.29 is 9.59 Å². The first-order valence-corrected chi connectivity index (χ1v) is 11.4. The molecule has 1 saturated heterocycles. The van der Waals surface area contributed by atoms with Gasteiger partial charge in [0, 0.05) is 41.9 Å². The first-order valence-electron chi connectivity index (χ1n) is 10.1. The summed E-state index contributed by atoms with van der Waals surface area (Å²) in [6.45, 7) is 1.81. The summed E-state index contributed by atoms with van der Waals surface area (Å²) in [6, 6.07) is 10.3. The molecule has 1 aromatic heterocycles. The lowest BCUT2D eigenvalue weighted by Crippen LogP contribution is -2.28. The number of aromatic nitrogens is 1. The van der Waals surface area contributed by atoms with Gasteiger partial charge in [0.25, 0.3) is 11.8 Å². The van der Waals surface area contributed by atoms with Gasteiger partial charge in [-0.1, -0.05) is 23.7 Å². The molecule has 3 heterocycles. The van der Waals surface area contributed by atoms with E-state index in [0.29, 0.717) is 39.3 Å². The second-order valence-electron chi connectivity index (χ2n) is 7.30. The van der Waals surface area contributed by atoms with Crippen molar-refractivity contribution in [2.45, 2.75) is 19.3 Å². The monoisotopic (exact) mass is 455 g/mol. The lowest BCUT2D eigenvalue weighted by molar-refractivity contribution is -0.112. The van der Waals surface area contributed by atoms with E-state index in [1.165, 1.54) is 18.0 Å². The molecule has 2 aromatic rings. The van der Waals surface area contributed by atoms with Crippen LogP contribution in [-0.4, -0.2) is 46.4 Å². The number of nitrogens with one attached hydrogen (secondary N) is 3.